The van der Waals surface area contributed by atoms with Crippen molar-refractivity contribution in [3.63, 3.8) is 0 Å². The molecule has 15 heteroatoms. The van der Waals surface area contributed by atoms with Crippen molar-refractivity contribution in [1.29, 1.82) is 0 Å². The van der Waals surface area contributed by atoms with Crippen LogP contribution in [0.3, 0.4) is 0 Å². The number of ether oxygens (including phenoxy) is 3. The quantitative estimate of drug-likeness (QED) is 0.0853. The van der Waals surface area contributed by atoms with Crippen molar-refractivity contribution in [3.8, 4) is 17.2 Å². The zero-order valence-electron chi connectivity index (χ0n) is 34.8. The summed E-state index contributed by atoms with van der Waals surface area (Å²) < 4.78 is 46.5. The average Bonchev–Trinajstić information content (AvgIpc) is 3.28. The fraction of sp³-hybridized carbons (Fsp3) is 0.204. The third-order valence-corrected chi connectivity index (χ3v) is 11.8. The lowest BCUT2D eigenvalue weighted by Crippen LogP contribution is -2.56. The van der Waals surface area contributed by atoms with Gasteiger partial charge in [-0.1, -0.05) is 84.4 Å². The van der Waals surface area contributed by atoms with Crippen molar-refractivity contribution in [3.05, 3.63) is 182 Å². The van der Waals surface area contributed by atoms with Gasteiger partial charge >= 0.3 is 12.0 Å². The summed E-state index contributed by atoms with van der Waals surface area (Å²) in [7, 11) is 0. The van der Waals surface area contributed by atoms with E-state index in [-0.39, 0.29) is 38.3 Å². The Labute approximate surface area is 378 Å². The zero-order valence-corrected chi connectivity index (χ0v) is 36.3. The second kappa shape index (κ2) is 19.7. The molecule has 0 saturated carbocycles. The molecule has 3 atom stereocenters. The van der Waals surface area contributed by atoms with Gasteiger partial charge in [0.1, 0.15) is 31.0 Å². The van der Waals surface area contributed by atoms with E-state index < -0.39 is 47.7 Å². The van der Waals surface area contributed by atoms with Gasteiger partial charge in [0, 0.05) is 36.8 Å². The first-order valence-electron chi connectivity index (χ1n) is 20.2. The number of anilines is 1. The molecule has 0 aromatic heterocycles. The molecule has 2 heterocycles. The Morgan fingerprint density at radius 1 is 0.922 bits per heavy atom. The highest BCUT2D eigenvalue weighted by Gasteiger charge is 2.38. The molecule has 2 aliphatic heterocycles. The number of nitrogens with two attached hydrogens (primary N) is 1. The minimum Gasteiger partial charge on any atom is -0.489 e. The Morgan fingerprint density at radius 2 is 1.64 bits per heavy atom. The summed E-state index contributed by atoms with van der Waals surface area (Å²) in [5, 5.41) is 16.4. The summed E-state index contributed by atoms with van der Waals surface area (Å²) in [5.41, 5.74) is 12.8. The summed E-state index contributed by atoms with van der Waals surface area (Å²) in [4.78, 5) is 41.9. The highest BCUT2D eigenvalue weighted by Crippen LogP contribution is 2.41. The van der Waals surface area contributed by atoms with Crippen LogP contribution in [0, 0.1) is 11.6 Å². The number of urea groups is 1. The number of benzene rings is 5. The number of allylic oxidation sites excluding steroid dienone is 5. The molecule has 5 aromatic carbocycles. The van der Waals surface area contributed by atoms with Gasteiger partial charge in [-0.25, -0.2) is 18.4 Å². The largest absolute Gasteiger partial charge is 0.489 e. The SMILES string of the molecule is C=C/C=C(\C(C)=C(\C)N)c1ccc(C[C@H](NC(=O)[C@@H]2Cc3cc4c(cc3CN2C(=O)Nc2ccc(F)c(F)c2)O[C@@H](c2ccc(OCc3ccc(Cl)c(Cl)c3)cc2)CO4)C(=O)O)cc1. The van der Waals surface area contributed by atoms with Crippen LogP contribution in [0.1, 0.15) is 53.3 Å². The van der Waals surface area contributed by atoms with Crippen LogP contribution in [0.4, 0.5) is 19.3 Å². The van der Waals surface area contributed by atoms with E-state index in [1.165, 1.54) is 11.0 Å². The molecule has 0 aliphatic carbocycles. The predicted octanol–water partition coefficient (Wildman–Crippen LogP) is 9.96. The van der Waals surface area contributed by atoms with E-state index in [0.29, 0.717) is 49.7 Å². The number of nitrogens with zero attached hydrogens (tertiary/aromatic N) is 1. The molecule has 330 valence electrons. The Bertz CT molecular complexity index is 2670. The Kier molecular flexibility index (Phi) is 13.9. The normalized spacial score (nSPS) is 16.5. The van der Waals surface area contributed by atoms with Crippen LogP contribution >= 0.6 is 23.2 Å². The van der Waals surface area contributed by atoms with E-state index in [2.05, 4.69) is 17.2 Å². The lowest BCUT2D eigenvalue weighted by atomic mass is 9.92. The molecule has 5 aromatic rings. The monoisotopic (exact) mass is 908 g/mol. The van der Waals surface area contributed by atoms with Gasteiger partial charge in [0.2, 0.25) is 5.91 Å². The number of amides is 3. The van der Waals surface area contributed by atoms with E-state index in [0.717, 1.165) is 40.0 Å². The summed E-state index contributed by atoms with van der Waals surface area (Å²) in [6.45, 7) is 7.83. The number of carboxylic acids is 1. The molecule has 0 fully saturated rings. The number of rotatable bonds is 13. The lowest BCUT2D eigenvalue weighted by Gasteiger charge is -2.37. The van der Waals surface area contributed by atoms with E-state index in [4.69, 9.17) is 43.1 Å². The van der Waals surface area contributed by atoms with Gasteiger partial charge in [-0.3, -0.25) is 4.79 Å². The Morgan fingerprint density at radius 3 is 2.31 bits per heavy atom. The predicted molar refractivity (Wildman–Crippen MR) is 241 cm³/mol. The summed E-state index contributed by atoms with van der Waals surface area (Å²) >= 11 is 12.2. The van der Waals surface area contributed by atoms with Crippen molar-refractivity contribution < 1.29 is 42.5 Å². The minimum absolute atomic E-state index is 0.0248. The molecule has 0 spiro atoms. The first kappa shape index (κ1) is 45.2. The number of fused-ring (bicyclic) bond motifs is 2. The first-order chi connectivity index (χ1) is 30.7. The summed E-state index contributed by atoms with van der Waals surface area (Å²) in [5.74, 6) is -2.82. The minimum atomic E-state index is -1.37. The molecular formula is C49H44Cl2F2N4O7. The van der Waals surface area contributed by atoms with Crippen LogP contribution in [0.15, 0.2) is 127 Å². The molecule has 7 rings (SSSR count). The molecule has 64 heavy (non-hydrogen) atoms. The third kappa shape index (κ3) is 10.5. The van der Waals surface area contributed by atoms with Crippen molar-refractivity contribution in [2.24, 2.45) is 5.73 Å². The second-order valence-corrected chi connectivity index (χ2v) is 16.2. The van der Waals surface area contributed by atoms with Crippen molar-refractivity contribution >= 4 is 52.4 Å². The van der Waals surface area contributed by atoms with Gasteiger partial charge in [0.15, 0.2) is 29.2 Å². The average molecular weight is 910 g/mol. The topological polar surface area (TPSA) is 152 Å². The van der Waals surface area contributed by atoms with Crippen LogP contribution in [0.5, 0.6) is 17.2 Å². The maximum absolute atomic E-state index is 14.2. The van der Waals surface area contributed by atoms with Gasteiger partial charge in [-0.2, -0.15) is 0 Å². The smallest absolute Gasteiger partial charge is 0.326 e. The molecule has 0 unspecified atom stereocenters. The number of halogens is 4. The van der Waals surface area contributed by atoms with Gasteiger partial charge in [0.25, 0.3) is 0 Å². The lowest BCUT2D eigenvalue weighted by molar-refractivity contribution is -0.142. The highest BCUT2D eigenvalue weighted by molar-refractivity contribution is 6.42. The van der Waals surface area contributed by atoms with E-state index in [1.54, 1.807) is 49.4 Å². The summed E-state index contributed by atoms with van der Waals surface area (Å²) in [6.07, 6.45) is 2.91. The second-order valence-electron chi connectivity index (χ2n) is 15.4. The number of nitrogens with one attached hydrogen (secondary N) is 2. The third-order valence-electron chi connectivity index (χ3n) is 11.0. The highest BCUT2D eigenvalue weighted by atomic mass is 35.5. The van der Waals surface area contributed by atoms with Crippen molar-refractivity contribution in [2.75, 3.05) is 11.9 Å². The molecule has 0 radical (unpaired) electrons. The Balaban J connectivity index is 1.09. The van der Waals surface area contributed by atoms with Gasteiger partial charge < -0.3 is 40.6 Å². The standard InChI is InChI=1S/C49H44Cl2F2N4O7/c1-4-5-37(27(2)28(3)54)31-9-6-29(7-10-31)19-42(48(59)60)56-47(58)43-20-33-21-44-45(22-34(33)24-57(43)49(61)55-35-13-17-40(52)41(53)23-35)64-46(26-63-44)32-11-14-36(15-12-32)62-25-30-8-16-38(50)39(51)18-30/h4-18,21-23,42-43,46H,1,19-20,24-26,54H2,2-3H3,(H,55,61)(H,56,58)(H,59,60)/b28-27-,37-5+/t42-,43-,46+/m0/s1. The summed E-state index contributed by atoms with van der Waals surface area (Å²) in [6, 6.07) is 22.9. The first-order valence-corrected chi connectivity index (χ1v) is 21.0. The zero-order chi connectivity index (χ0) is 45.7. The van der Waals surface area contributed by atoms with Gasteiger partial charge in [-0.15, -0.1) is 0 Å². The van der Waals surface area contributed by atoms with Crippen LogP contribution in [-0.2, 0) is 35.6 Å². The number of hydrogen-bond donors (Lipinski definition) is 4. The molecule has 11 nitrogen and oxygen atoms in total. The molecule has 3 amide bonds. The number of carbonyl (C=O) groups excluding carboxylic acids is 2. The Hall–Kier alpha value is -6.83. The van der Waals surface area contributed by atoms with Crippen molar-refractivity contribution in [1.82, 2.24) is 10.2 Å². The fourth-order valence-corrected chi connectivity index (χ4v) is 7.72. The maximum atomic E-state index is 14.2. The number of carbonyl (C=O) groups is 3. The maximum Gasteiger partial charge on any atom is 0.326 e. The molecule has 5 N–H and O–H groups in total. The van der Waals surface area contributed by atoms with Crippen LogP contribution in [0.2, 0.25) is 10.0 Å². The van der Waals surface area contributed by atoms with Crippen LogP contribution in [0.25, 0.3) is 5.57 Å². The number of aliphatic carboxylic acids is 1. The number of carboxylic acid groups (broad SMARTS) is 1. The number of hydrogen-bond acceptors (Lipinski definition) is 7. The van der Waals surface area contributed by atoms with E-state index in [1.807, 2.05) is 55.5 Å². The molecule has 0 saturated heterocycles. The van der Waals surface area contributed by atoms with E-state index >= 15 is 0 Å². The molecule has 0 bridgehead atoms. The van der Waals surface area contributed by atoms with E-state index in [9.17, 15) is 28.3 Å². The molecular weight excluding hydrogens is 865 g/mol. The molecule has 2 aliphatic rings. The fourth-order valence-electron chi connectivity index (χ4n) is 7.40. The van der Waals surface area contributed by atoms with Gasteiger partial charge in [-0.05, 0) is 107 Å². The van der Waals surface area contributed by atoms with Crippen LogP contribution < -0.4 is 30.6 Å². The van der Waals surface area contributed by atoms with Gasteiger partial charge in [0.05, 0.1) is 10.0 Å². The van der Waals surface area contributed by atoms with Crippen molar-refractivity contribution in [2.45, 2.75) is 58.0 Å². The van der Waals surface area contributed by atoms with Crippen LogP contribution in [-0.4, -0.2) is 46.6 Å².